The molecule has 1 aromatic carbocycles. The Morgan fingerprint density at radius 2 is 1.94 bits per heavy atom. The summed E-state index contributed by atoms with van der Waals surface area (Å²) in [5.41, 5.74) is 9.20. The lowest BCUT2D eigenvalue weighted by Gasteiger charge is -2.17. The lowest BCUT2D eigenvalue weighted by atomic mass is 9.96. The van der Waals surface area contributed by atoms with E-state index in [2.05, 4.69) is 4.98 Å². The van der Waals surface area contributed by atoms with Gasteiger partial charge in [-0.3, -0.25) is 0 Å². The number of fused-ring (bicyclic) bond motifs is 1. The topological polar surface area (TPSA) is 82.3 Å². The maximum atomic E-state index is 10.1. The van der Waals surface area contributed by atoms with E-state index in [4.69, 9.17) is 5.73 Å². The number of H-pyrrole nitrogens is 1. The van der Waals surface area contributed by atoms with E-state index in [1.54, 1.807) is 13.0 Å². The molecule has 0 radical (unpaired) electrons. The van der Waals surface area contributed by atoms with Crippen LogP contribution in [0.3, 0.4) is 0 Å². The molecule has 0 aliphatic carbocycles. The normalized spacial score (nSPS) is 15.1. The van der Waals surface area contributed by atoms with Gasteiger partial charge in [0.05, 0.1) is 6.10 Å². The fourth-order valence-corrected chi connectivity index (χ4v) is 2.16. The molecule has 1 aromatic heterocycles. The van der Waals surface area contributed by atoms with Crippen molar-refractivity contribution < 1.29 is 10.2 Å². The zero-order valence-electron chi connectivity index (χ0n) is 10.3. The first-order valence-electron chi connectivity index (χ1n) is 5.68. The second-order valence-electron chi connectivity index (χ2n) is 4.60. The van der Waals surface area contributed by atoms with E-state index in [1.807, 2.05) is 19.9 Å². The average molecular weight is 234 g/mol. The Balaban J connectivity index is 2.79. The molecule has 0 saturated heterocycles. The van der Waals surface area contributed by atoms with Gasteiger partial charge >= 0.3 is 0 Å². The molecule has 5 N–H and O–H groups in total. The van der Waals surface area contributed by atoms with Gasteiger partial charge in [0, 0.05) is 28.2 Å². The second kappa shape index (κ2) is 4.05. The minimum absolute atomic E-state index is 0.0874. The zero-order chi connectivity index (χ0) is 12.7. The van der Waals surface area contributed by atoms with Crippen molar-refractivity contribution in [1.82, 2.24) is 4.98 Å². The molecular formula is C13H18N2O2. The van der Waals surface area contributed by atoms with Gasteiger partial charge in [-0.2, -0.15) is 0 Å². The monoisotopic (exact) mass is 234 g/mol. The molecule has 0 bridgehead atoms. The minimum atomic E-state index is -0.868. The smallest absolute Gasteiger partial charge is 0.122 e. The fraction of sp³-hybridized carbons (Fsp3) is 0.385. The number of aromatic amines is 1. The van der Waals surface area contributed by atoms with Crippen molar-refractivity contribution in [2.75, 3.05) is 0 Å². The van der Waals surface area contributed by atoms with Gasteiger partial charge in [-0.25, -0.2) is 0 Å². The highest BCUT2D eigenvalue weighted by Crippen LogP contribution is 2.36. The van der Waals surface area contributed by atoms with Crippen molar-refractivity contribution in [2.45, 2.75) is 32.9 Å². The van der Waals surface area contributed by atoms with Crippen LogP contribution >= 0.6 is 0 Å². The summed E-state index contributed by atoms with van der Waals surface area (Å²) in [6, 6.07) is 2.96. The van der Waals surface area contributed by atoms with Gasteiger partial charge in [0.2, 0.25) is 0 Å². The number of aliphatic hydroxyl groups excluding tert-OH is 1. The largest absolute Gasteiger partial charge is 0.508 e. The summed E-state index contributed by atoms with van der Waals surface area (Å²) in [5.74, 6) is 0.0874. The van der Waals surface area contributed by atoms with E-state index >= 15 is 0 Å². The molecule has 4 heteroatoms. The molecule has 0 aliphatic heterocycles. The van der Waals surface area contributed by atoms with Crippen LogP contribution in [-0.2, 0) is 0 Å². The number of hydrogen-bond acceptors (Lipinski definition) is 3. The molecule has 0 fully saturated rings. The van der Waals surface area contributed by atoms with E-state index in [1.165, 1.54) is 0 Å². The summed E-state index contributed by atoms with van der Waals surface area (Å²) in [5, 5.41) is 20.9. The van der Waals surface area contributed by atoms with E-state index in [9.17, 15) is 10.2 Å². The molecule has 2 aromatic rings. The van der Waals surface area contributed by atoms with E-state index < -0.39 is 12.1 Å². The second-order valence-corrected chi connectivity index (χ2v) is 4.60. The van der Waals surface area contributed by atoms with Crippen LogP contribution in [-0.4, -0.2) is 21.2 Å². The van der Waals surface area contributed by atoms with Gasteiger partial charge in [0.15, 0.2) is 0 Å². The Hall–Kier alpha value is -1.52. The Morgan fingerprint density at radius 3 is 2.53 bits per heavy atom. The molecule has 2 rings (SSSR count). The molecule has 17 heavy (non-hydrogen) atoms. The molecular weight excluding hydrogens is 216 g/mol. The summed E-state index contributed by atoms with van der Waals surface area (Å²) in [6.07, 6.45) is -0.868. The SMILES string of the molecule is Cc1[nH]c2ccc(O)c(C(O)C(C)N)c2c1C. The molecule has 2 unspecified atom stereocenters. The number of phenolic OH excluding ortho intramolecular Hbond substituents is 1. The van der Waals surface area contributed by atoms with Gasteiger partial charge in [-0.05, 0) is 38.5 Å². The summed E-state index contributed by atoms with van der Waals surface area (Å²) in [7, 11) is 0. The summed E-state index contributed by atoms with van der Waals surface area (Å²) in [4.78, 5) is 3.23. The number of benzene rings is 1. The number of nitrogens with one attached hydrogen (secondary N) is 1. The Labute approximate surface area is 100 Å². The van der Waals surface area contributed by atoms with Gasteiger partial charge in [0.25, 0.3) is 0 Å². The van der Waals surface area contributed by atoms with Gasteiger partial charge < -0.3 is 20.9 Å². The van der Waals surface area contributed by atoms with E-state index in [-0.39, 0.29) is 5.75 Å². The Bertz CT molecular complexity index is 558. The van der Waals surface area contributed by atoms with Crippen molar-refractivity contribution in [1.29, 1.82) is 0 Å². The minimum Gasteiger partial charge on any atom is -0.508 e. The van der Waals surface area contributed by atoms with Crippen LogP contribution in [0.15, 0.2) is 12.1 Å². The lowest BCUT2D eigenvalue weighted by molar-refractivity contribution is 0.151. The van der Waals surface area contributed by atoms with Crippen LogP contribution in [0.5, 0.6) is 5.75 Å². The highest BCUT2D eigenvalue weighted by atomic mass is 16.3. The predicted molar refractivity (Wildman–Crippen MR) is 68.0 cm³/mol. The van der Waals surface area contributed by atoms with Crippen LogP contribution in [0, 0.1) is 13.8 Å². The van der Waals surface area contributed by atoms with Crippen LogP contribution in [0.1, 0.15) is 29.8 Å². The van der Waals surface area contributed by atoms with Gasteiger partial charge in [0.1, 0.15) is 5.75 Å². The maximum absolute atomic E-state index is 10.1. The standard InChI is InChI=1S/C13H18N2O2/c1-6-8(3)15-9-4-5-10(16)12(11(6)9)13(17)7(2)14/h4-5,7,13,15-17H,14H2,1-3H3. The third-order valence-corrected chi connectivity index (χ3v) is 3.28. The number of aliphatic hydroxyl groups is 1. The van der Waals surface area contributed by atoms with Crippen molar-refractivity contribution in [3.8, 4) is 5.75 Å². The van der Waals surface area contributed by atoms with E-state index in [0.717, 1.165) is 22.2 Å². The Morgan fingerprint density at radius 1 is 1.29 bits per heavy atom. The molecule has 1 heterocycles. The zero-order valence-corrected chi connectivity index (χ0v) is 10.3. The first-order valence-corrected chi connectivity index (χ1v) is 5.68. The first-order chi connectivity index (χ1) is 7.93. The number of hydrogen-bond donors (Lipinski definition) is 4. The average Bonchev–Trinajstić information content (AvgIpc) is 2.55. The number of phenols is 1. The molecule has 0 spiro atoms. The Kier molecular flexibility index (Phi) is 2.85. The maximum Gasteiger partial charge on any atom is 0.122 e. The van der Waals surface area contributed by atoms with Crippen molar-refractivity contribution in [3.63, 3.8) is 0 Å². The van der Waals surface area contributed by atoms with Crippen LogP contribution < -0.4 is 5.73 Å². The van der Waals surface area contributed by atoms with Crippen LogP contribution in [0.25, 0.3) is 10.9 Å². The summed E-state index contributed by atoms with van der Waals surface area (Å²) in [6.45, 7) is 5.65. The third-order valence-electron chi connectivity index (χ3n) is 3.28. The van der Waals surface area contributed by atoms with Gasteiger partial charge in [-0.15, -0.1) is 0 Å². The molecule has 0 aliphatic rings. The van der Waals surface area contributed by atoms with Crippen LogP contribution in [0.2, 0.25) is 0 Å². The summed E-state index contributed by atoms with van der Waals surface area (Å²) < 4.78 is 0. The first kappa shape index (κ1) is 12.0. The quantitative estimate of drug-likeness (QED) is 0.640. The highest BCUT2D eigenvalue weighted by Gasteiger charge is 2.22. The van der Waals surface area contributed by atoms with Crippen molar-refractivity contribution in [3.05, 3.63) is 29.0 Å². The highest BCUT2D eigenvalue weighted by molar-refractivity contribution is 5.90. The lowest BCUT2D eigenvalue weighted by Crippen LogP contribution is -2.24. The molecule has 92 valence electrons. The number of aromatic hydroxyl groups is 1. The number of rotatable bonds is 2. The van der Waals surface area contributed by atoms with Crippen LogP contribution in [0.4, 0.5) is 0 Å². The number of aryl methyl sites for hydroxylation is 2. The van der Waals surface area contributed by atoms with Gasteiger partial charge in [-0.1, -0.05) is 0 Å². The predicted octanol–water partition coefficient (Wildman–Crippen LogP) is 1.87. The van der Waals surface area contributed by atoms with Crippen molar-refractivity contribution >= 4 is 10.9 Å². The third kappa shape index (κ3) is 1.79. The molecule has 4 nitrogen and oxygen atoms in total. The molecule has 0 amide bonds. The summed E-state index contributed by atoms with van der Waals surface area (Å²) >= 11 is 0. The molecule has 0 saturated carbocycles. The number of aromatic nitrogens is 1. The molecule has 2 atom stereocenters. The van der Waals surface area contributed by atoms with E-state index in [0.29, 0.717) is 5.56 Å². The van der Waals surface area contributed by atoms with Crippen molar-refractivity contribution in [2.24, 2.45) is 5.73 Å². The fourth-order valence-electron chi connectivity index (χ4n) is 2.16. The number of nitrogens with two attached hydrogens (primary N) is 1.